The van der Waals surface area contributed by atoms with Crippen LogP contribution in [0.15, 0.2) is 10.5 Å². The lowest BCUT2D eigenvalue weighted by molar-refractivity contribution is -0.153. The number of aryl methyl sites for hydroxylation is 1. The van der Waals surface area contributed by atoms with E-state index in [-0.39, 0.29) is 5.76 Å². The van der Waals surface area contributed by atoms with E-state index in [4.69, 9.17) is 5.73 Å². The number of nitrogens with two attached hydrogens (primary N) is 1. The molecule has 3 nitrogen and oxygen atoms in total. The van der Waals surface area contributed by atoms with Gasteiger partial charge in [-0.2, -0.15) is 13.2 Å². The molecule has 0 aliphatic rings. The number of carbonyl (C=O) groups excluding carboxylic acids is 1. The third-order valence-electron chi connectivity index (χ3n) is 1.38. The van der Waals surface area contributed by atoms with Gasteiger partial charge in [0.15, 0.2) is 0 Å². The second-order valence-electron chi connectivity index (χ2n) is 2.46. The number of carbonyl (C=O) groups is 1. The van der Waals surface area contributed by atoms with Gasteiger partial charge in [-0.15, -0.1) is 0 Å². The lowest BCUT2D eigenvalue weighted by Gasteiger charge is -2.02. The third kappa shape index (κ3) is 1.82. The van der Waals surface area contributed by atoms with Crippen molar-refractivity contribution in [1.82, 2.24) is 0 Å². The molecule has 1 aromatic heterocycles. The highest BCUT2D eigenvalue weighted by Crippen LogP contribution is 2.33. The first-order valence-corrected chi connectivity index (χ1v) is 3.30. The Morgan fingerprint density at radius 3 is 2.38 bits per heavy atom. The molecule has 0 fully saturated rings. The fourth-order valence-electron chi connectivity index (χ4n) is 0.908. The van der Waals surface area contributed by atoms with Crippen LogP contribution in [0.5, 0.6) is 0 Å². The summed E-state index contributed by atoms with van der Waals surface area (Å²) in [5, 5.41) is 0. The average molecular weight is 193 g/mol. The van der Waals surface area contributed by atoms with Crippen molar-refractivity contribution in [2.75, 3.05) is 0 Å². The van der Waals surface area contributed by atoms with Gasteiger partial charge in [-0.3, -0.25) is 4.79 Å². The van der Waals surface area contributed by atoms with Crippen molar-refractivity contribution in [2.45, 2.75) is 13.1 Å². The van der Waals surface area contributed by atoms with Crippen molar-refractivity contribution >= 4 is 5.91 Å². The van der Waals surface area contributed by atoms with Crippen LogP contribution in [-0.2, 0) is 6.18 Å². The number of alkyl halides is 3. The van der Waals surface area contributed by atoms with Crippen molar-refractivity contribution in [3.05, 3.63) is 23.2 Å². The molecule has 0 aliphatic carbocycles. The molecule has 2 N–H and O–H groups in total. The van der Waals surface area contributed by atoms with Crippen LogP contribution in [0.2, 0.25) is 0 Å². The minimum absolute atomic E-state index is 0.00104. The molecule has 1 aromatic rings. The first-order valence-electron chi connectivity index (χ1n) is 3.30. The largest absolute Gasteiger partial charge is 0.456 e. The molecular weight excluding hydrogens is 187 g/mol. The maximum Gasteiger partial charge on any atom is 0.450 e. The highest BCUT2D eigenvalue weighted by molar-refractivity contribution is 5.94. The van der Waals surface area contributed by atoms with E-state index in [0.717, 1.165) is 6.07 Å². The smallest absolute Gasteiger partial charge is 0.450 e. The fourth-order valence-corrected chi connectivity index (χ4v) is 0.908. The molecule has 1 heterocycles. The van der Waals surface area contributed by atoms with Gasteiger partial charge < -0.3 is 10.2 Å². The number of hydrogen-bond donors (Lipinski definition) is 1. The Bertz CT molecular complexity index is 340. The van der Waals surface area contributed by atoms with Gasteiger partial charge in [-0.25, -0.2) is 0 Å². The molecule has 13 heavy (non-hydrogen) atoms. The number of halogens is 3. The zero-order valence-electron chi connectivity index (χ0n) is 6.61. The lowest BCUT2D eigenvalue weighted by atomic mass is 10.2. The summed E-state index contributed by atoms with van der Waals surface area (Å²) >= 11 is 0. The summed E-state index contributed by atoms with van der Waals surface area (Å²) in [6, 6.07) is 0.963. The van der Waals surface area contributed by atoms with E-state index in [0.29, 0.717) is 0 Å². The van der Waals surface area contributed by atoms with E-state index in [1.54, 1.807) is 0 Å². The minimum atomic E-state index is -4.68. The summed E-state index contributed by atoms with van der Waals surface area (Å²) in [5.41, 5.74) is 4.09. The van der Waals surface area contributed by atoms with Gasteiger partial charge in [-0.05, 0) is 13.0 Å². The number of primary amides is 1. The maximum atomic E-state index is 12.1. The van der Waals surface area contributed by atoms with Crippen LogP contribution in [0.4, 0.5) is 13.2 Å². The summed E-state index contributed by atoms with van der Waals surface area (Å²) < 4.78 is 40.7. The highest BCUT2D eigenvalue weighted by Gasteiger charge is 2.39. The Morgan fingerprint density at radius 1 is 1.54 bits per heavy atom. The fraction of sp³-hybridized carbons (Fsp3) is 0.286. The van der Waals surface area contributed by atoms with E-state index < -0.39 is 23.4 Å². The van der Waals surface area contributed by atoms with Crippen LogP contribution >= 0.6 is 0 Å². The summed E-state index contributed by atoms with van der Waals surface area (Å²) in [7, 11) is 0. The van der Waals surface area contributed by atoms with Crippen LogP contribution in [0.25, 0.3) is 0 Å². The summed E-state index contributed by atoms with van der Waals surface area (Å²) in [6.45, 7) is 1.31. The van der Waals surface area contributed by atoms with Crippen molar-refractivity contribution < 1.29 is 22.4 Å². The van der Waals surface area contributed by atoms with E-state index in [1.165, 1.54) is 6.92 Å². The second-order valence-corrected chi connectivity index (χ2v) is 2.46. The zero-order valence-corrected chi connectivity index (χ0v) is 6.61. The summed E-state index contributed by atoms with van der Waals surface area (Å²) in [5.74, 6) is -2.48. The van der Waals surface area contributed by atoms with Crippen LogP contribution in [0.3, 0.4) is 0 Å². The van der Waals surface area contributed by atoms with E-state index >= 15 is 0 Å². The monoisotopic (exact) mass is 193 g/mol. The van der Waals surface area contributed by atoms with Crippen LogP contribution in [0.1, 0.15) is 21.9 Å². The van der Waals surface area contributed by atoms with Gasteiger partial charge in [0.05, 0.1) is 5.56 Å². The van der Waals surface area contributed by atoms with E-state index in [2.05, 4.69) is 4.42 Å². The van der Waals surface area contributed by atoms with Gasteiger partial charge >= 0.3 is 6.18 Å². The molecular formula is C7H6F3NO2. The predicted octanol–water partition coefficient (Wildman–Crippen LogP) is 1.71. The zero-order chi connectivity index (χ0) is 10.2. The SMILES string of the molecule is Cc1cc(C(N)=O)c(C(F)(F)F)o1. The van der Waals surface area contributed by atoms with Crippen LogP contribution in [-0.4, -0.2) is 5.91 Å². The quantitative estimate of drug-likeness (QED) is 0.737. The minimum Gasteiger partial charge on any atom is -0.456 e. The molecule has 0 spiro atoms. The maximum absolute atomic E-state index is 12.1. The molecule has 0 saturated heterocycles. The number of furan rings is 1. The topological polar surface area (TPSA) is 56.2 Å². The standard InChI is InChI=1S/C7H6F3NO2/c1-3-2-4(6(11)12)5(13-3)7(8,9)10/h2H,1H3,(H2,11,12). The predicted molar refractivity (Wildman–Crippen MR) is 37.0 cm³/mol. The molecule has 0 saturated carbocycles. The Morgan fingerprint density at radius 2 is 2.08 bits per heavy atom. The van der Waals surface area contributed by atoms with Crippen LogP contribution < -0.4 is 5.73 Å². The van der Waals surface area contributed by atoms with Gasteiger partial charge in [0.25, 0.3) is 5.91 Å². The third-order valence-corrected chi connectivity index (χ3v) is 1.38. The highest BCUT2D eigenvalue weighted by atomic mass is 19.4. The Balaban J connectivity index is 3.28. The van der Waals surface area contributed by atoms with Crippen LogP contribution in [0, 0.1) is 6.92 Å². The summed E-state index contributed by atoms with van der Waals surface area (Å²) in [4.78, 5) is 10.5. The Labute approximate surface area is 71.3 Å². The molecule has 0 bridgehead atoms. The first kappa shape index (κ1) is 9.63. The van der Waals surface area contributed by atoms with Crippen molar-refractivity contribution in [2.24, 2.45) is 5.73 Å². The van der Waals surface area contributed by atoms with Gasteiger partial charge in [-0.1, -0.05) is 0 Å². The molecule has 0 unspecified atom stereocenters. The molecule has 6 heteroatoms. The van der Waals surface area contributed by atoms with Gasteiger partial charge in [0.1, 0.15) is 5.76 Å². The summed E-state index contributed by atoms with van der Waals surface area (Å²) in [6.07, 6.45) is -4.68. The molecule has 0 atom stereocenters. The number of rotatable bonds is 1. The van der Waals surface area contributed by atoms with Crippen molar-refractivity contribution in [3.63, 3.8) is 0 Å². The normalized spacial score (nSPS) is 11.7. The first-order chi connectivity index (χ1) is 5.82. The van der Waals surface area contributed by atoms with Gasteiger partial charge in [0.2, 0.25) is 5.76 Å². The number of hydrogen-bond acceptors (Lipinski definition) is 2. The molecule has 1 rings (SSSR count). The lowest BCUT2D eigenvalue weighted by Crippen LogP contribution is -2.16. The van der Waals surface area contributed by atoms with Gasteiger partial charge in [0, 0.05) is 0 Å². The Hall–Kier alpha value is -1.46. The second kappa shape index (κ2) is 2.79. The molecule has 0 aromatic carbocycles. The molecule has 1 amide bonds. The van der Waals surface area contributed by atoms with Crippen molar-refractivity contribution in [3.8, 4) is 0 Å². The number of amides is 1. The van der Waals surface area contributed by atoms with Crippen molar-refractivity contribution in [1.29, 1.82) is 0 Å². The average Bonchev–Trinajstić information content (AvgIpc) is 2.29. The molecule has 0 radical (unpaired) electrons. The van der Waals surface area contributed by atoms with E-state index in [9.17, 15) is 18.0 Å². The molecule has 72 valence electrons. The van der Waals surface area contributed by atoms with E-state index in [1.807, 2.05) is 0 Å². The molecule has 0 aliphatic heterocycles. The Kier molecular flexibility index (Phi) is 2.07.